The van der Waals surface area contributed by atoms with Crippen LogP contribution in [-0.4, -0.2) is 16.0 Å². The molecule has 3 aromatic rings. The highest BCUT2D eigenvalue weighted by atomic mass is 79.9. The number of aromatic nitrogens is 1. The minimum Gasteiger partial charge on any atom is -0.508 e. The summed E-state index contributed by atoms with van der Waals surface area (Å²) in [5.41, 5.74) is 1.13. The predicted molar refractivity (Wildman–Crippen MR) is 98.9 cm³/mol. The van der Waals surface area contributed by atoms with Gasteiger partial charge in [-0.1, -0.05) is 40.2 Å². The molecule has 0 aliphatic heterocycles. The molecule has 0 bridgehead atoms. The third-order valence-electron chi connectivity index (χ3n) is 3.38. The largest absolute Gasteiger partial charge is 0.508 e. The van der Waals surface area contributed by atoms with E-state index in [1.807, 2.05) is 24.3 Å². The molecule has 1 heterocycles. The number of carbonyl (C=O) groups is 1. The normalized spacial score (nSPS) is 10.3. The number of carbonyl (C=O) groups excluding carboxylic acids is 1. The molecule has 1 aromatic heterocycles. The molecule has 126 valence electrons. The van der Waals surface area contributed by atoms with E-state index in [0.29, 0.717) is 22.9 Å². The maximum absolute atomic E-state index is 12.1. The number of para-hydroxylation sites is 1. The lowest BCUT2D eigenvalue weighted by molar-refractivity contribution is -0.115. The number of pyridine rings is 1. The number of nitrogens with zero attached hydrogens (tertiary/aromatic N) is 1. The summed E-state index contributed by atoms with van der Waals surface area (Å²) in [4.78, 5) is 16.2. The second-order valence-corrected chi connectivity index (χ2v) is 6.21. The molecule has 6 heteroatoms. The molecular formula is C19H15BrN2O3. The Kier molecular flexibility index (Phi) is 5.30. The number of phenolic OH excluding ortho intramolecular Hbond substituents is 1. The molecule has 25 heavy (non-hydrogen) atoms. The van der Waals surface area contributed by atoms with Gasteiger partial charge >= 0.3 is 0 Å². The number of hydrogen-bond acceptors (Lipinski definition) is 4. The number of aromatic hydroxyl groups is 1. The zero-order valence-electron chi connectivity index (χ0n) is 13.1. The van der Waals surface area contributed by atoms with Crippen molar-refractivity contribution in [2.24, 2.45) is 0 Å². The second kappa shape index (κ2) is 7.81. The highest BCUT2D eigenvalue weighted by molar-refractivity contribution is 9.10. The van der Waals surface area contributed by atoms with Gasteiger partial charge in [0.05, 0.1) is 18.3 Å². The van der Waals surface area contributed by atoms with E-state index in [2.05, 4.69) is 26.2 Å². The van der Waals surface area contributed by atoms with Crippen LogP contribution in [0.5, 0.6) is 17.4 Å². The molecule has 0 aliphatic carbocycles. The number of rotatable bonds is 5. The van der Waals surface area contributed by atoms with Crippen molar-refractivity contribution in [3.63, 3.8) is 0 Å². The molecule has 0 unspecified atom stereocenters. The topological polar surface area (TPSA) is 71.5 Å². The van der Waals surface area contributed by atoms with Crippen LogP contribution >= 0.6 is 15.9 Å². The van der Waals surface area contributed by atoms with Crippen molar-refractivity contribution < 1.29 is 14.6 Å². The van der Waals surface area contributed by atoms with Gasteiger partial charge in [-0.15, -0.1) is 0 Å². The maximum Gasteiger partial charge on any atom is 0.228 e. The Bertz CT molecular complexity index is 882. The van der Waals surface area contributed by atoms with Crippen molar-refractivity contribution in [3.8, 4) is 17.4 Å². The van der Waals surface area contributed by atoms with Crippen molar-refractivity contribution in [2.45, 2.75) is 6.42 Å². The van der Waals surface area contributed by atoms with Gasteiger partial charge in [-0.2, -0.15) is 0 Å². The van der Waals surface area contributed by atoms with Crippen LogP contribution in [0.3, 0.4) is 0 Å². The van der Waals surface area contributed by atoms with Crippen molar-refractivity contribution in [1.29, 1.82) is 0 Å². The van der Waals surface area contributed by atoms with Crippen molar-refractivity contribution in [3.05, 3.63) is 76.9 Å². The fourth-order valence-electron chi connectivity index (χ4n) is 2.20. The van der Waals surface area contributed by atoms with Gasteiger partial charge in [0, 0.05) is 16.1 Å². The summed E-state index contributed by atoms with van der Waals surface area (Å²) in [5.74, 6) is 0.965. The molecule has 0 fully saturated rings. The molecule has 2 N–H and O–H groups in total. The van der Waals surface area contributed by atoms with Crippen molar-refractivity contribution in [2.75, 3.05) is 5.32 Å². The first-order valence-corrected chi connectivity index (χ1v) is 8.35. The van der Waals surface area contributed by atoms with Gasteiger partial charge < -0.3 is 15.2 Å². The summed E-state index contributed by atoms with van der Waals surface area (Å²) < 4.78 is 6.56. The van der Waals surface area contributed by atoms with Crippen LogP contribution in [0.15, 0.2) is 71.3 Å². The molecule has 0 atom stereocenters. The Labute approximate surface area is 153 Å². The van der Waals surface area contributed by atoms with E-state index in [4.69, 9.17) is 4.74 Å². The standard InChI is InChI=1S/C19H15BrN2O3/c20-14-5-3-6-16(11-14)25-19-9-8-15(12-21-19)22-18(24)10-13-4-1-2-7-17(13)23/h1-9,11-12,23H,10H2,(H,22,24). The minimum atomic E-state index is -0.232. The third-order valence-corrected chi connectivity index (χ3v) is 3.87. The molecule has 0 saturated heterocycles. The lowest BCUT2D eigenvalue weighted by Crippen LogP contribution is -2.14. The Morgan fingerprint density at radius 2 is 1.96 bits per heavy atom. The number of anilines is 1. The Balaban J connectivity index is 1.60. The van der Waals surface area contributed by atoms with Crippen LogP contribution in [0.1, 0.15) is 5.56 Å². The van der Waals surface area contributed by atoms with Gasteiger partial charge in [0.25, 0.3) is 0 Å². The Morgan fingerprint density at radius 3 is 2.68 bits per heavy atom. The van der Waals surface area contributed by atoms with Crippen molar-refractivity contribution in [1.82, 2.24) is 4.98 Å². The predicted octanol–water partition coefficient (Wildman–Crippen LogP) is 4.52. The SMILES string of the molecule is O=C(Cc1ccccc1O)Nc1ccc(Oc2cccc(Br)c2)nc1. The summed E-state index contributed by atoms with van der Waals surface area (Å²) in [6.45, 7) is 0. The average molecular weight is 399 g/mol. The van der Waals surface area contributed by atoms with Gasteiger partial charge in [0.1, 0.15) is 11.5 Å². The summed E-state index contributed by atoms with van der Waals surface area (Å²) in [7, 11) is 0. The molecule has 0 saturated carbocycles. The quantitative estimate of drug-likeness (QED) is 0.662. The van der Waals surface area contributed by atoms with E-state index >= 15 is 0 Å². The zero-order chi connectivity index (χ0) is 17.6. The Hall–Kier alpha value is -2.86. The van der Waals surface area contributed by atoms with Crippen LogP contribution in [0.2, 0.25) is 0 Å². The second-order valence-electron chi connectivity index (χ2n) is 5.30. The monoisotopic (exact) mass is 398 g/mol. The first-order chi connectivity index (χ1) is 12.1. The van der Waals surface area contributed by atoms with Gasteiger partial charge in [-0.05, 0) is 30.3 Å². The molecule has 0 radical (unpaired) electrons. The highest BCUT2D eigenvalue weighted by Crippen LogP contribution is 2.23. The maximum atomic E-state index is 12.1. The van der Waals surface area contributed by atoms with Gasteiger partial charge in [0.2, 0.25) is 11.8 Å². The van der Waals surface area contributed by atoms with Gasteiger partial charge in [0.15, 0.2) is 0 Å². The van der Waals surface area contributed by atoms with Crippen molar-refractivity contribution >= 4 is 27.5 Å². The number of benzene rings is 2. The van der Waals surface area contributed by atoms with Crippen LogP contribution in [-0.2, 0) is 11.2 Å². The molecule has 5 nitrogen and oxygen atoms in total. The molecule has 0 spiro atoms. The molecule has 3 rings (SSSR count). The van der Waals surface area contributed by atoms with Gasteiger partial charge in [-0.25, -0.2) is 4.98 Å². The lowest BCUT2D eigenvalue weighted by Gasteiger charge is -2.08. The lowest BCUT2D eigenvalue weighted by atomic mass is 10.1. The molecular weight excluding hydrogens is 384 g/mol. The van der Waals surface area contributed by atoms with Crippen LogP contribution in [0.25, 0.3) is 0 Å². The van der Waals surface area contributed by atoms with E-state index in [-0.39, 0.29) is 18.1 Å². The Morgan fingerprint density at radius 1 is 1.12 bits per heavy atom. The highest BCUT2D eigenvalue weighted by Gasteiger charge is 2.08. The van der Waals surface area contributed by atoms with E-state index in [1.165, 1.54) is 6.20 Å². The first kappa shape index (κ1) is 17.0. The number of nitrogens with one attached hydrogen (secondary N) is 1. The van der Waals surface area contributed by atoms with E-state index in [0.717, 1.165) is 4.47 Å². The third kappa shape index (κ3) is 4.81. The fourth-order valence-corrected chi connectivity index (χ4v) is 2.58. The van der Waals surface area contributed by atoms with Crippen LogP contribution in [0, 0.1) is 0 Å². The summed E-state index contributed by atoms with van der Waals surface area (Å²) in [6.07, 6.45) is 1.61. The van der Waals surface area contributed by atoms with E-state index in [9.17, 15) is 9.90 Å². The summed E-state index contributed by atoms with van der Waals surface area (Å²) in [5, 5.41) is 12.5. The number of phenols is 1. The molecule has 0 aliphatic rings. The molecule has 1 amide bonds. The number of hydrogen-bond donors (Lipinski definition) is 2. The summed E-state index contributed by atoms with van der Waals surface area (Å²) >= 11 is 3.38. The number of ether oxygens (including phenoxy) is 1. The van der Waals surface area contributed by atoms with Crippen LogP contribution in [0.4, 0.5) is 5.69 Å². The summed E-state index contributed by atoms with van der Waals surface area (Å²) in [6, 6.07) is 17.6. The minimum absolute atomic E-state index is 0.0863. The fraction of sp³-hybridized carbons (Fsp3) is 0.0526. The van der Waals surface area contributed by atoms with E-state index in [1.54, 1.807) is 36.4 Å². The number of amides is 1. The van der Waals surface area contributed by atoms with Crippen LogP contribution < -0.4 is 10.1 Å². The first-order valence-electron chi connectivity index (χ1n) is 7.56. The average Bonchev–Trinajstić information content (AvgIpc) is 2.59. The smallest absolute Gasteiger partial charge is 0.228 e. The molecule has 2 aromatic carbocycles. The van der Waals surface area contributed by atoms with Gasteiger partial charge in [-0.3, -0.25) is 4.79 Å². The number of halogens is 1. The zero-order valence-corrected chi connectivity index (χ0v) is 14.7. The van der Waals surface area contributed by atoms with E-state index < -0.39 is 0 Å².